The Kier molecular flexibility index (Phi) is 9.13. The van der Waals surface area contributed by atoms with Gasteiger partial charge in [0.05, 0.1) is 6.21 Å². The zero-order valence-corrected chi connectivity index (χ0v) is 18.5. The Morgan fingerprint density at radius 1 is 1.16 bits per heavy atom. The molecule has 0 aliphatic rings. The van der Waals surface area contributed by atoms with Crippen molar-refractivity contribution < 1.29 is 23.5 Å². The molecule has 2 rings (SSSR count). The van der Waals surface area contributed by atoms with E-state index in [0.717, 1.165) is 4.47 Å². The smallest absolute Gasteiger partial charge is 0.329 e. The van der Waals surface area contributed by atoms with Crippen LogP contribution >= 0.6 is 15.9 Å². The van der Waals surface area contributed by atoms with Crippen molar-refractivity contribution >= 4 is 45.6 Å². The average Bonchev–Trinajstić information content (AvgIpc) is 2.74. The van der Waals surface area contributed by atoms with Gasteiger partial charge in [-0.05, 0) is 55.8 Å². The first-order valence-electron chi connectivity index (χ1n) is 9.40. The molecule has 1 atom stereocenters. The van der Waals surface area contributed by atoms with Crippen LogP contribution in [-0.4, -0.2) is 36.6 Å². The van der Waals surface area contributed by atoms with Crippen LogP contribution in [0.1, 0.15) is 25.8 Å². The van der Waals surface area contributed by atoms with E-state index in [1.54, 1.807) is 25.1 Å². The number of ether oxygens (including phenoxy) is 1. The number of benzene rings is 2. The van der Waals surface area contributed by atoms with Gasteiger partial charge in [-0.1, -0.05) is 22.9 Å². The molecule has 3 amide bonds. The van der Waals surface area contributed by atoms with Crippen LogP contribution in [-0.2, 0) is 14.4 Å². The standard InChI is InChI=1S/C21H22BrFN4O4/c1-3-13(2)25-20(29)21(30)27-24-11-14-10-15(22)4-9-18(14)31-12-19(28)26-17-7-5-16(23)6-8-17/h4-11,13H,3,12H2,1-2H3,(H,25,29)(H,26,28)(H,27,30)/b24-11-/t13-/m0/s1. The van der Waals surface area contributed by atoms with E-state index in [2.05, 4.69) is 37.1 Å². The predicted octanol–water partition coefficient (Wildman–Crippen LogP) is 2.97. The number of carbonyl (C=O) groups excluding carboxylic acids is 3. The highest BCUT2D eigenvalue weighted by Crippen LogP contribution is 2.22. The lowest BCUT2D eigenvalue weighted by atomic mass is 10.2. The van der Waals surface area contributed by atoms with E-state index in [1.807, 2.05) is 6.92 Å². The lowest BCUT2D eigenvalue weighted by molar-refractivity contribution is -0.139. The number of rotatable bonds is 8. The third-order valence-corrected chi connectivity index (χ3v) is 4.52. The van der Waals surface area contributed by atoms with E-state index in [4.69, 9.17) is 4.74 Å². The molecule has 0 aliphatic carbocycles. The number of hydrazone groups is 1. The van der Waals surface area contributed by atoms with Gasteiger partial charge < -0.3 is 15.4 Å². The molecule has 0 radical (unpaired) electrons. The van der Waals surface area contributed by atoms with Crippen LogP contribution in [0.2, 0.25) is 0 Å². The van der Waals surface area contributed by atoms with Crippen LogP contribution in [0.15, 0.2) is 52.0 Å². The van der Waals surface area contributed by atoms with Crippen molar-refractivity contribution in [2.24, 2.45) is 5.10 Å². The zero-order chi connectivity index (χ0) is 22.8. The third kappa shape index (κ3) is 8.17. The Labute approximate surface area is 187 Å². The fraction of sp³-hybridized carbons (Fsp3) is 0.238. The van der Waals surface area contributed by atoms with Crippen LogP contribution in [0, 0.1) is 5.82 Å². The van der Waals surface area contributed by atoms with Gasteiger partial charge in [0.2, 0.25) is 0 Å². The number of carbonyl (C=O) groups is 3. The topological polar surface area (TPSA) is 109 Å². The Balaban J connectivity index is 1.96. The van der Waals surface area contributed by atoms with Crippen molar-refractivity contribution in [2.75, 3.05) is 11.9 Å². The van der Waals surface area contributed by atoms with Crippen molar-refractivity contribution in [3.8, 4) is 5.75 Å². The molecule has 10 heteroatoms. The van der Waals surface area contributed by atoms with E-state index < -0.39 is 23.5 Å². The number of amides is 3. The monoisotopic (exact) mass is 492 g/mol. The molecule has 8 nitrogen and oxygen atoms in total. The quantitative estimate of drug-likeness (QED) is 0.299. The van der Waals surface area contributed by atoms with E-state index in [0.29, 0.717) is 23.4 Å². The first-order valence-corrected chi connectivity index (χ1v) is 10.2. The van der Waals surface area contributed by atoms with Gasteiger partial charge in [-0.25, -0.2) is 9.82 Å². The summed E-state index contributed by atoms with van der Waals surface area (Å²) in [5, 5.41) is 8.90. The second kappa shape index (κ2) is 11.8. The van der Waals surface area contributed by atoms with Crippen molar-refractivity contribution in [2.45, 2.75) is 26.3 Å². The maximum absolute atomic E-state index is 12.9. The summed E-state index contributed by atoms with van der Waals surface area (Å²) in [6.07, 6.45) is 1.99. The van der Waals surface area contributed by atoms with Gasteiger partial charge >= 0.3 is 11.8 Å². The molecule has 0 saturated heterocycles. The lowest BCUT2D eigenvalue weighted by Gasteiger charge is -2.11. The second-order valence-corrected chi connectivity index (χ2v) is 7.42. The van der Waals surface area contributed by atoms with Crippen LogP contribution in [0.5, 0.6) is 5.75 Å². The lowest BCUT2D eigenvalue weighted by Crippen LogP contribution is -2.41. The molecule has 0 fully saturated rings. The summed E-state index contributed by atoms with van der Waals surface area (Å²) in [5.41, 5.74) is 3.05. The number of anilines is 1. The second-order valence-electron chi connectivity index (χ2n) is 6.51. The van der Waals surface area contributed by atoms with Gasteiger partial charge in [-0.2, -0.15) is 5.10 Å². The molecule has 2 aromatic carbocycles. The van der Waals surface area contributed by atoms with Gasteiger partial charge in [0.15, 0.2) is 6.61 Å². The third-order valence-electron chi connectivity index (χ3n) is 4.02. The summed E-state index contributed by atoms with van der Waals surface area (Å²) in [6.45, 7) is 3.37. The summed E-state index contributed by atoms with van der Waals surface area (Å²) in [4.78, 5) is 35.6. The highest BCUT2D eigenvalue weighted by molar-refractivity contribution is 9.10. The van der Waals surface area contributed by atoms with Crippen molar-refractivity contribution in [3.63, 3.8) is 0 Å². The highest BCUT2D eigenvalue weighted by atomic mass is 79.9. The summed E-state index contributed by atoms with van der Waals surface area (Å²) >= 11 is 3.33. The number of nitrogens with one attached hydrogen (secondary N) is 3. The SMILES string of the molecule is CC[C@H](C)NC(=O)C(=O)N/N=C\c1cc(Br)ccc1OCC(=O)Nc1ccc(F)cc1. The van der Waals surface area contributed by atoms with Crippen LogP contribution < -0.4 is 20.8 Å². The largest absolute Gasteiger partial charge is 0.483 e. The first kappa shape index (κ1) is 24.0. The maximum atomic E-state index is 12.9. The summed E-state index contributed by atoms with van der Waals surface area (Å²) in [6, 6.07) is 10.2. The Morgan fingerprint density at radius 3 is 2.55 bits per heavy atom. The summed E-state index contributed by atoms with van der Waals surface area (Å²) in [5.74, 6) is -2.19. The molecule has 3 N–H and O–H groups in total. The minimum Gasteiger partial charge on any atom is -0.483 e. The van der Waals surface area contributed by atoms with Crippen molar-refractivity contribution in [3.05, 3.63) is 58.3 Å². The minimum atomic E-state index is -0.896. The molecular formula is C21H22BrFN4O4. The number of nitrogens with zero attached hydrogens (tertiary/aromatic N) is 1. The summed E-state index contributed by atoms with van der Waals surface area (Å²) < 4.78 is 19.2. The average molecular weight is 493 g/mol. The molecular weight excluding hydrogens is 471 g/mol. The van der Waals surface area contributed by atoms with Gasteiger partial charge in [0, 0.05) is 21.8 Å². The molecule has 164 valence electrons. The fourth-order valence-electron chi connectivity index (χ4n) is 2.23. The van der Waals surface area contributed by atoms with Crippen molar-refractivity contribution in [1.29, 1.82) is 0 Å². The van der Waals surface area contributed by atoms with Gasteiger partial charge in [-0.15, -0.1) is 0 Å². The van der Waals surface area contributed by atoms with Crippen LogP contribution in [0.3, 0.4) is 0 Å². The molecule has 0 aliphatic heterocycles. The van der Waals surface area contributed by atoms with Crippen molar-refractivity contribution in [1.82, 2.24) is 10.7 Å². The number of hydrogen-bond donors (Lipinski definition) is 3. The number of halogens is 2. The van der Waals surface area contributed by atoms with E-state index >= 15 is 0 Å². The maximum Gasteiger partial charge on any atom is 0.329 e. The first-order chi connectivity index (χ1) is 14.8. The Hall–Kier alpha value is -3.27. The zero-order valence-electron chi connectivity index (χ0n) is 16.9. The van der Waals surface area contributed by atoms with E-state index in [1.165, 1.54) is 30.5 Å². The van der Waals surface area contributed by atoms with E-state index in [9.17, 15) is 18.8 Å². The van der Waals surface area contributed by atoms with E-state index in [-0.39, 0.29) is 12.6 Å². The predicted molar refractivity (Wildman–Crippen MR) is 118 cm³/mol. The van der Waals surface area contributed by atoms with Gasteiger partial charge in [0.1, 0.15) is 11.6 Å². The molecule has 0 unspecified atom stereocenters. The minimum absolute atomic E-state index is 0.131. The highest BCUT2D eigenvalue weighted by Gasteiger charge is 2.14. The Morgan fingerprint density at radius 2 is 1.87 bits per heavy atom. The molecule has 0 spiro atoms. The molecule has 0 bridgehead atoms. The molecule has 0 saturated carbocycles. The molecule has 31 heavy (non-hydrogen) atoms. The number of hydrogen-bond acceptors (Lipinski definition) is 5. The van der Waals surface area contributed by atoms with Gasteiger partial charge in [-0.3, -0.25) is 14.4 Å². The van der Waals surface area contributed by atoms with Gasteiger partial charge in [0.25, 0.3) is 5.91 Å². The molecule has 0 heterocycles. The molecule has 0 aromatic heterocycles. The Bertz CT molecular complexity index is 966. The summed E-state index contributed by atoms with van der Waals surface area (Å²) in [7, 11) is 0. The fourth-order valence-corrected chi connectivity index (χ4v) is 2.61. The van der Waals surface area contributed by atoms with Crippen LogP contribution in [0.4, 0.5) is 10.1 Å². The normalized spacial score (nSPS) is 11.6. The molecule has 2 aromatic rings. The van der Waals surface area contributed by atoms with Crippen LogP contribution in [0.25, 0.3) is 0 Å².